The second kappa shape index (κ2) is 3.47. The third kappa shape index (κ3) is 1.89. The Morgan fingerprint density at radius 1 is 1.62 bits per heavy atom. The maximum Gasteiger partial charge on any atom is 0.0708 e. The van der Waals surface area contributed by atoms with Gasteiger partial charge in [0.05, 0.1) is 11.8 Å². The number of β-amino-alcohol motifs (C(OH)–C–C–N with tert-alkyl or cyclic N) is 1. The number of rotatable bonds is 2. The minimum atomic E-state index is -0.211. The molecule has 0 amide bonds. The average Bonchev–Trinajstić information content (AvgIpc) is 2.64. The Hall–Kier alpha value is -0.870. The topological polar surface area (TPSA) is 60.9 Å². The van der Waals surface area contributed by atoms with Gasteiger partial charge in [-0.25, -0.2) is 0 Å². The summed E-state index contributed by atoms with van der Waals surface area (Å²) in [6.45, 7) is 3.60. The highest BCUT2D eigenvalue weighted by molar-refractivity contribution is 5.08. The zero-order valence-corrected chi connectivity index (χ0v) is 7.75. The van der Waals surface area contributed by atoms with Crippen LogP contribution < -0.4 is 5.32 Å². The van der Waals surface area contributed by atoms with Gasteiger partial charge >= 0.3 is 0 Å². The molecule has 0 radical (unpaired) electrons. The first-order valence-corrected chi connectivity index (χ1v) is 4.65. The van der Waals surface area contributed by atoms with Gasteiger partial charge in [0.15, 0.2) is 0 Å². The normalized spacial score (nSPS) is 28.2. The standard InChI is InChI=1S/C9H15N3O/c1-6-2-8(12-11-6)3-7-4-10-5-9(7)13/h2,7,9-10,13H,3-5H2,1H3,(H,11,12)/t7-,9+/m1/s1. The van der Waals surface area contributed by atoms with Crippen LogP contribution in [0.25, 0.3) is 0 Å². The van der Waals surface area contributed by atoms with Crippen molar-refractivity contribution in [1.82, 2.24) is 15.5 Å². The van der Waals surface area contributed by atoms with Crippen molar-refractivity contribution in [2.75, 3.05) is 13.1 Å². The fraction of sp³-hybridized carbons (Fsp3) is 0.667. The molecule has 2 rings (SSSR count). The van der Waals surface area contributed by atoms with Gasteiger partial charge in [-0.05, 0) is 19.4 Å². The number of nitrogens with zero attached hydrogens (tertiary/aromatic N) is 1. The van der Waals surface area contributed by atoms with E-state index in [1.54, 1.807) is 0 Å². The van der Waals surface area contributed by atoms with Crippen molar-refractivity contribution in [3.8, 4) is 0 Å². The van der Waals surface area contributed by atoms with Crippen LogP contribution in [0.5, 0.6) is 0 Å². The molecule has 0 bridgehead atoms. The van der Waals surface area contributed by atoms with E-state index in [2.05, 4.69) is 15.5 Å². The molecule has 0 unspecified atom stereocenters. The summed E-state index contributed by atoms with van der Waals surface area (Å²) in [6.07, 6.45) is 0.649. The summed E-state index contributed by atoms with van der Waals surface area (Å²) < 4.78 is 0. The van der Waals surface area contributed by atoms with E-state index in [1.807, 2.05) is 13.0 Å². The first kappa shape index (κ1) is 8.72. The molecule has 1 aromatic heterocycles. The van der Waals surface area contributed by atoms with E-state index < -0.39 is 0 Å². The molecule has 4 heteroatoms. The Morgan fingerprint density at radius 3 is 3.00 bits per heavy atom. The van der Waals surface area contributed by atoms with E-state index in [0.29, 0.717) is 12.5 Å². The highest BCUT2D eigenvalue weighted by atomic mass is 16.3. The van der Waals surface area contributed by atoms with E-state index in [-0.39, 0.29) is 6.10 Å². The van der Waals surface area contributed by atoms with Crippen molar-refractivity contribution in [3.63, 3.8) is 0 Å². The van der Waals surface area contributed by atoms with Crippen molar-refractivity contribution in [1.29, 1.82) is 0 Å². The van der Waals surface area contributed by atoms with E-state index in [0.717, 1.165) is 24.4 Å². The van der Waals surface area contributed by atoms with Gasteiger partial charge in [0, 0.05) is 24.7 Å². The van der Waals surface area contributed by atoms with Crippen LogP contribution in [0, 0.1) is 12.8 Å². The number of aliphatic hydroxyl groups is 1. The third-order valence-electron chi connectivity index (χ3n) is 2.53. The molecule has 3 N–H and O–H groups in total. The number of hydrogen-bond donors (Lipinski definition) is 3. The number of aromatic nitrogens is 2. The van der Waals surface area contributed by atoms with Crippen LogP contribution in [-0.2, 0) is 6.42 Å². The summed E-state index contributed by atoms with van der Waals surface area (Å²) in [5.74, 6) is 0.322. The summed E-state index contributed by atoms with van der Waals surface area (Å²) in [4.78, 5) is 0. The van der Waals surface area contributed by atoms with E-state index >= 15 is 0 Å². The van der Waals surface area contributed by atoms with E-state index in [9.17, 15) is 5.11 Å². The molecular formula is C9H15N3O. The zero-order chi connectivity index (χ0) is 9.26. The Morgan fingerprint density at radius 2 is 2.46 bits per heavy atom. The molecule has 1 aromatic rings. The van der Waals surface area contributed by atoms with Gasteiger partial charge in [-0.1, -0.05) is 0 Å². The molecule has 2 atom stereocenters. The van der Waals surface area contributed by atoms with Gasteiger partial charge in [0.2, 0.25) is 0 Å². The van der Waals surface area contributed by atoms with Crippen LogP contribution in [0.15, 0.2) is 6.07 Å². The van der Waals surface area contributed by atoms with Crippen LogP contribution in [0.2, 0.25) is 0 Å². The first-order valence-electron chi connectivity index (χ1n) is 4.65. The molecule has 4 nitrogen and oxygen atoms in total. The highest BCUT2D eigenvalue weighted by Crippen LogP contribution is 2.14. The molecule has 72 valence electrons. The predicted octanol–water partition coefficient (Wildman–Crippen LogP) is -0.159. The largest absolute Gasteiger partial charge is 0.391 e. The minimum Gasteiger partial charge on any atom is -0.391 e. The maximum atomic E-state index is 9.56. The SMILES string of the molecule is Cc1cc(C[C@@H]2CNC[C@@H]2O)n[nH]1. The molecule has 0 aromatic carbocycles. The summed E-state index contributed by atoms with van der Waals surface area (Å²) in [7, 11) is 0. The second-order valence-corrected chi connectivity index (χ2v) is 3.73. The number of aliphatic hydroxyl groups excluding tert-OH is 1. The van der Waals surface area contributed by atoms with Gasteiger partial charge in [0.1, 0.15) is 0 Å². The monoisotopic (exact) mass is 181 g/mol. The number of nitrogens with one attached hydrogen (secondary N) is 2. The quantitative estimate of drug-likeness (QED) is 0.594. The van der Waals surface area contributed by atoms with Gasteiger partial charge in [-0.15, -0.1) is 0 Å². The Balaban J connectivity index is 1.97. The molecule has 1 aliphatic heterocycles. The fourth-order valence-corrected chi connectivity index (χ4v) is 1.78. The van der Waals surface area contributed by atoms with Crippen molar-refractivity contribution in [3.05, 3.63) is 17.5 Å². The van der Waals surface area contributed by atoms with Crippen LogP contribution in [0.3, 0.4) is 0 Å². The Kier molecular flexibility index (Phi) is 2.33. The molecule has 0 spiro atoms. The lowest BCUT2D eigenvalue weighted by atomic mass is 10.0. The molecule has 2 heterocycles. The number of aryl methyl sites for hydroxylation is 1. The summed E-state index contributed by atoms with van der Waals surface area (Å²) in [5.41, 5.74) is 2.13. The predicted molar refractivity (Wildman–Crippen MR) is 49.4 cm³/mol. The summed E-state index contributed by atoms with van der Waals surface area (Å²) >= 11 is 0. The Labute approximate surface area is 77.4 Å². The first-order chi connectivity index (χ1) is 6.25. The lowest BCUT2D eigenvalue weighted by Crippen LogP contribution is -2.20. The van der Waals surface area contributed by atoms with E-state index in [1.165, 1.54) is 0 Å². The molecule has 1 aliphatic rings. The summed E-state index contributed by atoms with van der Waals surface area (Å²) in [6, 6.07) is 2.03. The van der Waals surface area contributed by atoms with Crippen LogP contribution >= 0.6 is 0 Å². The fourth-order valence-electron chi connectivity index (χ4n) is 1.78. The van der Waals surface area contributed by atoms with E-state index in [4.69, 9.17) is 0 Å². The van der Waals surface area contributed by atoms with Gasteiger partial charge in [-0.2, -0.15) is 5.10 Å². The van der Waals surface area contributed by atoms with Gasteiger partial charge in [0.25, 0.3) is 0 Å². The molecular weight excluding hydrogens is 166 g/mol. The van der Waals surface area contributed by atoms with Gasteiger partial charge in [-0.3, -0.25) is 5.10 Å². The lowest BCUT2D eigenvalue weighted by Gasteiger charge is -2.10. The van der Waals surface area contributed by atoms with Crippen LogP contribution in [0.4, 0.5) is 0 Å². The van der Waals surface area contributed by atoms with Crippen molar-refractivity contribution < 1.29 is 5.11 Å². The van der Waals surface area contributed by atoms with Crippen molar-refractivity contribution >= 4 is 0 Å². The van der Waals surface area contributed by atoms with Crippen molar-refractivity contribution in [2.24, 2.45) is 5.92 Å². The number of H-pyrrole nitrogens is 1. The lowest BCUT2D eigenvalue weighted by molar-refractivity contribution is 0.147. The third-order valence-corrected chi connectivity index (χ3v) is 2.53. The van der Waals surface area contributed by atoms with Crippen LogP contribution in [-0.4, -0.2) is 34.5 Å². The molecule has 13 heavy (non-hydrogen) atoms. The highest BCUT2D eigenvalue weighted by Gasteiger charge is 2.25. The smallest absolute Gasteiger partial charge is 0.0708 e. The van der Waals surface area contributed by atoms with Crippen molar-refractivity contribution in [2.45, 2.75) is 19.4 Å². The molecule has 1 fully saturated rings. The molecule has 1 saturated heterocycles. The molecule has 0 saturated carbocycles. The van der Waals surface area contributed by atoms with Crippen LogP contribution in [0.1, 0.15) is 11.4 Å². The summed E-state index contributed by atoms with van der Waals surface area (Å²) in [5, 5.41) is 19.8. The second-order valence-electron chi connectivity index (χ2n) is 3.73. The number of hydrogen-bond acceptors (Lipinski definition) is 3. The zero-order valence-electron chi connectivity index (χ0n) is 7.75. The van der Waals surface area contributed by atoms with Gasteiger partial charge < -0.3 is 10.4 Å². The maximum absolute atomic E-state index is 9.56. The number of aromatic amines is 1. The molecule has 0 aliphatic carbocycles. The minimum absolute atomic E-state index is 0.211. The Bertz CT molecular complexity index is 284. The average molecular weight is 181 g/mol.